The third kappa shape index (κ3) is 3.63. The molecule has 5 heteroatoms. The smallest absolute Gasteiger partial charge is 0.223 e. The Morgan fingerprint density at radius 3 is 2.50 bits per heavy atom. The van der Waals surface area contributed by atoms with E-state index < -0.39 is 0 Å². The fourth-order valence-corrected chi connectivity index (χ4v) is 1.66. The van der Waals surface area contributed by atoms with Crippen molar-refractivity contribution in [2.75, 3.05) is 27.8 Å². The van der Waals surface area contributed by atoms with Crippen LogP contribution in [0.2, 0.25) is 0 Å². The van der Waals surface area contributed by atoms with Gasteiger partial charge in [0.1, 0.15) is 0 Å². The average Bonchev–Trinajstić information content (AvgIpc) is 2.38. The van der Waals surface area contributed by atoms with Gasteiger partial charge in [-0.2, -0.15) is 0 Å². The summed E-state index contributed by atoms with van der Waals surface area (Å²) >= 11 is 0. The molecule has 0 saturated heterocycles. The van der Waals surface area contributed by atoms with Crippen molar-refractivity contribution >= 4 is 5.91 Å². The summed E-state index contributed by atoms with van der Waals surface area (Å²) < 4.78 is 10.4. The lowest BCUT2D eigenvalue weighted by molar-refractivity contribution is -0.130. The second-order valence-corrected chi connectivity index (χ2v) is 3.98. The average molecular weight is 252 g/mol. The molecule has 0 radical (unpaired) electrons. The minimum atomic E-state index is 0.0345. The molecular weight excluding hydrogens is 232 g/mol. The summed E-state index contributed by atoms with van der Waals surface area (Å²) in [5.74, 6) is 1.37. The summed E-state index contributed by atoms with van der Waals surface area (Å²) in [4.78, 5) is 13.3. The van der Waals surface area contributed by atoms with E-state index in [9.17, 15) is 4.79 Å². The van der Waals surface area contributed by atoms with Crippen molar-refractivity contribution in [1.82, 2.24) is 4.90 Å². The normalized spacial score (nSPS) is 10.0. The van der Waals surface area contributed by atoms with Crippen LogP contribution in [0.15, 0.2) is 18.2 Å². The number of methoxy groups -OCH3 is 2. The zero-order chi connectivity index (χ0) is 13.5. The molecule has 2 N–H and O–H groups in total. The topological polar surface area (TPSA) is 64.8 Å². The number of carbonyl (C=O) groups is 1. The zero-order valence-electron chi connectivity index (χ0n) is 11.1. The Kier molecular flexibility index (Phi) is 5.45. The number of hydrogen-bond donors (Lipinski definition) is 1. The molecule has 0 aromatic heterocycles. The lowest BCUT2D eigenvalue weighted by atomic mass is 10.2. The first kappa shape index (κ1) is 14.3. The Labute approximate surface area is 107 Å². The molecule has 0 bridgehead atoms. The highest BCUT2D eigenvalue weighted by molar-refractivity contribution is 5.76. The first-order valence-electron chi connectivity index (χ1n) is 5.77. The van der Waals surface area contributed by atoms with Crippen molar-refractivity contribution in [1.29, 1.82) is 0 Å². The van der Waals surface area contributed by atoms with Crippen LogP contribution < -0.4 is 15.2 Å². The lowest BCUT2D eigenvalue weighted by Gasteiger charge is -2.18. The maximum absolute atomic E-state index is 11.6. The van der Waals surface area contributed by atoms with Crippen LogP contribution in [-0.2, 0) is 11.3 Å². The van der Waals surface area contributed by atoms with Gasteiger partial charge in [0.05, 0.1) is 14.2 Å². The van der Waals surface area contributed by atoms with Crippen LogP contribution in [-0.4, -0.2) is 38.6 Å². The Balaban J connectivity index is 2.76. The molecular formula is C13H20N2O3. The van der Waals surface area contributed by atoms with Gasteiger partial charge in [-0.05, 0) is 17.7 Å². The standard InChI is InChI=1S/C13H20N2O3/c1-15(13(16)6-7-14)9-10-4-5-11(17-2)12(8-10)18-3/h4-5,8H,6-7,9,14H2,1-3H3. The summed E-state index contributed by atoms with van der Waals surface area (Å²) in [6.45, 7) is 0.897. The Morgan fingerprint density at radius 1 is 1.28 bits per heavy atom. The Bertz CT molecular complexity index is 407. The highest BCUT2D eigenvalue weighted by Gasteiger charge is 2.10. The third-order valence-corrected chi connectivity index (χ3v) is 2.65. The molecule has 1 aromatic rings. The molecule has 0 atom stereocenters. The van der Waals surface area contributed by atoms with Crippen molar-refractivity contribution < 1.29 is 14.3 Å². The monoisotopic (exact) mass is 252 g/mol. The van der Waals surface area contributed by atoms with Crippen molar-refractivity contribution in [3.8, 4) is 11.5 Å². The molecule has 1 rings (SSSR count). The van der Waals surface area contributed by atoms with Crippen LogP contribution in [0.1, 0.15) is 12.0 Å². The largest absolute Gasteiger partial charge is 0.493 e. The Morgan fingerprint density at radius 2 is 1.94 bits per heavy atom. The van der Waals surface area contributed by atoms with Gasteiger partial charge in [-0.3, -0.25) is 4.79 Å². The molecule has 18 heavy (non-hydrogen) atoms. The second kappa shape index (κ2) is 6.86. The summed E-state index contributed by atoms with van der Waals surface area (Å²) in [5, 5.41) is 0. The van der Waals surface area contributed by atoms with Gasteiger partial charge in [-0.25, -0.2) is 0 Å². The van der Waals surface area contributed by atoms with Crippen molar-refractivity contribution in [3.63, 3.8) is 0 Å². The molecule has 0 aliphatic heterocycles. The maximum atomic E-state index is 11.6. The minimum absolute atomic E-state index is 0.0345. The molecule has 0 aliphatic rings. The molecule has 0 unspecified atom stereocenters. The molecule has 0 saturated carbocycles. The molecule has 1 amide bonds. The van der Waals surface area contributed by atoms with Crippen LogP contribution >= 0.6 is 0 Å². The fourth-order valence-electron chi connectivity index (χ4n) is 1.66. The van der Waals surface area contributed by atoms with E-state index in [2.05, 4.69) is 0 Å². The van der Waals surface area contributed by atoms with Gasteiger partial charge in [-0.15, -0.1) is 0 Å². The predicted molar refractivity (Wildman–Crippen MR) is 69.7 cm³/mol. The summed E-state index contributed by atoms with van der Waals surface area (Å²) in [5.41, 5.74) is 6.35. The van der Waals surface area contributed by atoms with Gasteiger partial charge in [0, 0.05) is 26.6 Å². The van der Waals surface area contributed by atoms with Gasteiger partial charge in [0.15, 0.2) is 11.5 Å². The van der Waals surface area contributed by atoms with E-state index in [1.807, 2.05) is 18.2 Å². The highest BCUT2D eigenvalue weighted by Crippen LogP contribution is 2.27. The van der Waals surface area contributed by atoms with Gasteiger partial charge < -0.3 is 20.1 Å². The van der Waals surface area contributed by atoms with Gasteiger partial charge in [0.25, 0.3) is 0 Å². The van der Waals surface area contributed by atoms with Crippen molar-refractivity contribution in [3.05, 3.63) is 23.8 Å². The number of nitrogens with zero attached hydrogens (tertiary/aromatic N) is 1. The van der Waals surface area contributed by atoms with Crippen molar-refractivity contribution in [2.45, 2.75) is 13.0 Å². The molecule has 5 nitrogen and oxygen atoms in total. The molecule has 0 aliphatic carbocycles. The number of rotatable bonds is 6. The zero-order valence-corrected chi connectivity index (χ0v) is 11.1. The number of nitrogens with two attached hydrogens (primary N) is 1. The number of ether oxygens (including phenoxy) is 2. The second-order valence-electron chi connectivity index (χ2n) is 3.98. The quantitative estimate of drug-likeness (QED) is 0.820. The third-order valence-electron chi connectivity index (χ3n) is 2.65. The van der Waals surface area contributed by atoms with Crippen LogP contribution in [0.25, 0.3) is 0 Å². The van der Waals surface area contributed by atoms with E-state index in [1.54, 1.807) is 26.2 Å². The van der Waals surface area contributed by atoms with Crippen molar-refractivity contribution in [2.24, 2.45) is 5.73 Å². The molecule has 100 valence electrons. The van der Waals surface area contributed by atoms with Crippen LogP contribution in [0, 0.1) is 0 Å². The van der Waals surface area contributed by atoms with E-state index in [4.69, 9.17) is 15.2 Å². The van der Waals surface area contributed by atoms with Crippen LogP contribution in [0.4, 0.5) is 0 Å². The van der Waals surface area contributed by atoms with Crippen LogP contribution in [0.5, 0.6) is 11.5 Å². The summed E-state index contributed by atoms with van der Waals surface area (Å²) in [6.07, 6.45) is 0.365. The summed E-state index contributed by atoms with van der Waals surface area (Å²) in [7, 11) is 4.94. The molecule has 0 fully saturated rings. The number of benzene rings is 1. The summed E-state index contributed by atoms with van der Waals surface area (Å²) in [6, 6.07) is 5.61. The van der Waals surface area contributed by atoms with Gasteiger partial charge in [-0.1, -0.05) is 6.07 Å². The molecule has 1 aromatic carbocycles. The number of hydrogen-bond acceptors (Lipinski definition) is 4. The SMILES string of the molecule is COc1ccc(CN(C)C(=O)CCN)cc1OC. The Hall–Kier alpha value is -1.75. The predicted octanol–water partition coefficient (Wildman–Crippen LogP) is 1.01. The maximum Gasteiger partial charge on any atom is 0.223 e. The van der Waals surface area contributed by atoms with E-state index in [0.29, 0.717) is 31.0 Å². The van der Waals surface area contributed by atoms with Crippen LogP contribution in [0.3, 0.4) is 0 Å². The lowest BCUT2D eigenvalue weighted by Crippen LogP contribution is -2.27. The number of amides is 1. The molecule has 0 heterocycles. The fraction of sp³-hybridized carbons (Fsp3) is 0.462. The van der Waals surface area contributed by atoms with E-state index in [-0.39, 0.29) is 5.91 Å². The number of carbonyl (C=O) groups excluding carboxylic acids is 1. The molecule has 0 spiro atoms. The highest BCUT2D eigenvalue weighted by atomic mass is 16.5. The van der Waals surface area contributed by atoms with E-state index in [1.165, 1.54) is 0 Å². The van der Waals surface area contributed by atoms with Gasteiger partial charge >= 0.3 is 0 Å². The van der Waals surface area contributed by atoms with Gasteiger partial charge in [0.2, 0.25) is 5.91 Å². The first-order valence-corrected chi connectivity index (χ1v) is 5.77. The van der Waals surface area contributed by atoms with E-state index in [0.717, 1.165) is 5.56 Å². The first-order chi connectivity index (χ1) is 8.62. The van der Waals surface area contributed by atoms with E-state index >= 15 is 0 Å². The minimum Gasteiger partial charge on any atom is -0.493 e.